The highest BCUT2D eigenvalue weighted by atomic mass is 32.2. The number of hydrogen-bond acceptors (Lipinski definition) is 4. The molecule has 6 nitrogen and oxygen atoms in total. The van der Waals surface area contributed by atoms with Gasteiger partial charge >= 0.3 is 0 Å². The van der Waals surface area contributed by atoms with Gasteiger partial charge < -0.3 is 10.8 Å². The van der Waals surface area contributed by atoms with E-state index in [9.17, 15) is 18.3 Å². The Morgan fingerprint density at radius 2 is 1.73 bits per heavy atom. The van der Waals surface area contributed by atoms with Crippen molar-refractivity contribution < 1.29 is 18.3 Å². The SMILES string of the molecule is Cc1ccc(C2CCN(S(=O)(=O)CC(O)(C#Cc3ccccc3)C(N)=O)CC2)cc1. The van der Waals surface area contributed by atoms with E-state index in [-0.39, 0.29) is 5.92 Å². The summed E-state index contributed by atoms with van der Waals surface area (Å²) < 4.78 is 27.1. The average Bonchev–Trinajstić information content (AvgIpc) is 2.73. The van der Waals surface area contributed by atoms with Crippen LogP contribution < -0.4 is 5.73 Å². The highest BCUT2D eigenvalue weighted by Gasteiger charge is 2.41. The topological polar surface area (TPSA) is 101 Å². The van der Waals surface area contributed by atoms with Gasteiger partial charge in [-0.1, -0.05) is 59.9 Å². The number of benzene rings is 2. The van der Waals surface area contributed by atoms with Gasteiger partial charge in [0.25, 0.3) is 5.91 Å². The number of carbonyl (C=O) groups is 1. The summed E-state index contributed by atoms with van der Waals surface area (Å²) in [7, 11) is -3.92. The van der Waals surface area contributed by atoms with Gasteiger partial charge in [-0.2, -0.15) is 0 Å². The molecule has 1 amide bonds. The number of rotatable bonds is 5. The number of nitrogens with zero attached hydrogens (tertiary/aromatic N) is 1. The molecule has 1 atom stereocenters. The first-order valence-electron chi connectivity index (χ1n) is 9.84. The van der Waals surface area contributed by atoms with Gasteiger partial charge in [-0.05, 0) is 43.4 Å². The van der Waals surface area contributed by atoms with Crippen LogP contribution in [0.4, 0.5) is 0 Å². The summed E-state index contributed by atoms with van der Waals surface area (Å²) in [6.07, 6.45) is 1.35. The molecule has 0 radical (unpaired) electrons. The Kier molecular flexibility index (Phi) is 6.61. The van der Waals surface area contributed by atoms with Gasteiger partial charge in [0.2, 0.25) is 15.6 Å². The molecule has 1 aliphatic rings. The van der Waals surface area contributed by atoms with E-state index in [0.717, 1.165) is 0 Å². The second kappa shape index (κ2) is 9.00. The zero-order valence-electron chi connectivity index (χ0n) is 16.9. The lowest BCUT2D eigenvalue weighted by Crippen LogP contribution is -2.52. The molecule has 0 saturated carbocycles. The fourth-order valence-electron chi connectivity index (χ4n) is 3.53. The normalized spacial score (nSPS) is 17.5. The van der Waals surface area contributed by atoms with E-state index in [2.05, 4.69) is 36.1 Å². The van der Waals surface area contributed by atoms with Crippen LogP contribution in [-0.4, -0.2) is 48.2 Å². The molecule has 1 unspecified atom stereocenters. The monoisotopic (exact) mass is 426 g/mol. The number of nitrogens with two attached hydrogens (primary N) is 1. The van der Waals surface area contributed by atoms with Crippen molar-refractivity contribution in [2.24, 2.45) is 5.73 Å². The van der Waals surface area contributed by atoms with Crippen molar-refractivity contribution in [3.05, 3.63) is 71.3 Å². The maximum Gasteiger partial charge on any atom is 0.263 e. The minimum atomic E-state index is -3.92. The maximum atomic E-state index is 12.9. The highest BCUT2D eigenvalue weighted by molar-refractivity contribution is 7.89. The molecular formula is C23H26N2O4S. The van der Waals surface area contributed by atoms with Crippen LogP contribution in [0.2, 0.25) is 0 Å². The molecule has 30 heavy (non-hydrogen) atoms. The molecule has 0 aromatic heterocycles. The number of aryl methyl sites for hydroxylation is 1. The minimum absolute atomic E-state index is 0.282. The Labute approximate surface area is 177 Å². The van der Waals surface area contributed by atoms with E-state index in [1.54, 1.807) is 30.3 Å². The number of carbonyl (C=O) groups excluding carboxylic acids is 1. The lowest BCUT2D eigenvalue weighted by atomic mass is 9.90. The lowest BCUT2D eigenvalue weighted by Gasteiger charge is -2.32. The van der Waals surface area contributed by atoms with Gasteiger partial charge in [0, 0.05) is 18.7 Å². The second-order valence-corrected chi connectivity index (χ2v) is 9.65. The van der Waals surface area contributed by atoms with Crippen LogP contribution in [0.25, 0.3) is 0 Å². The molecule has 3 rings (SSSR count). The van der Waals surface area contributed by atoms with Gasteiger partial charge in [-0.3, -0.25) is 4.79 Å². The number of primary amides is 1. The van der Waals surface area contributed by atoms with Crippen molar-refractivity contribution in [3.8, 4) is 11.8 Å². The Balaban J connectivity index is 1.71. The van der Waals surface area contributed by atoms with Crippen LogP contribution >= 0.6 is 0 Å². The predicted molar refractivity (Wildman–Crippen MR) is 116 cm³/mol. The Morgan fingerprint density at radius 3 is 2.30 bits per heavy atom. The van der Waals surface area contributed by atoms with E-state index >= 15 is 0 Å². The second-order valence-electron chi connectivity index (χ2n) is 7.68. The largest absolute Gasteiger partial charge is 0.369 e. The molecule has 1 saturated heterocycles. The standard InChI is InChI=1S/C23H26N2O4S/c1-18-7-9-20(10-8-18)21-12-15-25(16-13-21)30(28,29)17-23(27,22(24)26)14-11-19-5-3-2-4-6-19/h2-10,21,27H,12-13,15-17H2,1H3,(H2,24,26). The maximum absolute atomic E-state index is 12.9. The summed E-state index contributed by atoms with van der Waals surface area (Å²) in [6, 6.07) is 17.0. The summed E-state index contributed by atoms with van der Waals surface area (Å²) in [5.74, 6) is 3.26. The van der Waals surface area contributed by atoms with Crippen molar-refractivity contribution in [1.29, 1.82) is 0 Å². The quantitative estimate of drug-likeness (QED) is 0.712. The van der Waals surface area contributed by atoms with Crippen LogP contribution in [0.3, 0.4) is 0 Å². The molecule has 0 bridgehead atoms. The third-order valence-corrected chi connectivity index (χ3v) is 7.32. The molecule has 0 aliphatic carbocycles. The molecule has 2 aromatic rings. The van der Waals surface area contributed by atoms with Gasteiger partial charge in [0.15, 0.2) is 0 Å². The van der Waals surface area contributed by atoms with E-state index in [1.165, 1.54) is 15.4 Å². The minimum Gasteiger partial charge on any atom is -0.369 e. The third-order valence-electron chi connectivity index (χ3n) is 5.38. The Hall–Kier alpha value is -2.66. The first-order chi connectivity index (χ1) is 14.2. The first-order valence-corrected chi connectivity index (χ1v) is 11.5. The Bertz CT molecular complexity index is 1050. The summed E-state index contributed by atoms with van der Waals surface area (Å²) in [6.45, 7) is 2.67. The average molecular weight is 427 g/mol. The molecule has 1 fully saturated rings. The predicted octanol–water partition coefficient (Wildman–Crippen LogP) is 1.77. The molecule has 0 spiro atoms. The van der Waals surface area contributed by atoms with Crippen molar-refractivity contribution in [3.63, 3.8) is 0 Å². The Morgan fingerprint density at radius 1 is 1.13 bits per heavy atom. The van der Waals surface area contributed by atoms with Crippen LogP contribution in [0.15, 0.2) is 54.6 Å². The van der Waals surface area contributed by atoms with E-state index in [4.69, 9.17) is 5.73 Å². The van der Waals surface area contributed by atoms with Gasteiger partial charge in [-0.25, -0.2) is 12.7 Å². The number of piperidine rings is 1. The van der Waals surface area contributed by atoms with Crippen LogP contribution in [-0.2, 0) is 14.8 Å². The summed E-state index contributed by atoms with van der Waals surface area (Å²) in [4.78, 5) is 11.9. The van der Waals surface area contributed by atoms with Crippen LogP contribution in [0, 0.1) is 18.8 Å². The molecular weight excluding hydrogens is 400 g/mol. The van der Waals surface area contributed by atoms with E-state index < -0.39 is 27.3 Å². The zero-order valence-corrected chi connectivity index (χ0v) is 17.7. The van der Waals surface area contributed by atoms with Crippen LogP contribution in [0.5, 0.6) is 0 Å². The fraction of sp³-hybridized carbons (Fsp3) is 0.348. The van der Waals surface area contributed by atoms with Gasteiger partial charge in [-0.15, -0.1) is 0 Å². The molecule has 3 N–H and O–H groups in total. The molecule has 2 aromatic carbocycles. The number of sulfonamides is 1. The number of amides is 1. The molecule has 158 valence electrons. The lowest BCUT2D eigenvalue weighted by molar-refractivity contribution is -0.129. The summed E-state index contributed by atoms with van der Waals surface area (Å²) in [5, 5.41) is 10.6. The third kappa shape index (κ3) is 5.28. The molecule has 7 heteroatoms. The van der Waals surface area contributed by atoms with Gasteiger partial charge in [0.05, 0.1) is 0 Å². The van der Waals surface area contributed by atoms with Gasteiger partial charge in [0.1, 0.15) is 5.75 Å². The van der Waals surface area contributed by atoms with E-state index in [0.29, 0.717) is 31.5 Å². The van der Waals surface area contributed by atoms with Crippen molar-refractivity contribution in [1.82, 2.24) is 4.31 Å². The highest BCUT2D eigenvalue weighted by Crippen LogP contribution is 2.30. The van der Waals surface area contributed by atoms with Crippen LogP contribution in [0.1, 0.15) is 35.4 Å². The molecule has 1 heterocycles. The summed E-state index contributed by atoms with van der Waals surface area (Å²) in [5.41, 5.74) is 5.78. The van der Waals surface area contributed by atoms with Crippen molar-refractivity contribution in [2.45, 2.75) is 31.3 Å². The number of aliphatic hydroxyl groups is 1. The van der Waals surface area contributed by atoms with Crippen molar-refractivity contribution >= 4 is 15.9 Å². The number of hydrogen-bond donors (Lipinski definition) is 2. The fourth-order valence-corrected chi connectivity index (χ4v) is 5.22. The molecule has 1 aliphatic heterocycles. The van der Waals surface area contributed by atoms with E-state index in [1.807, 2.05) is 6.92 Å². The summed E-state index contributed by atoms with van der Waals surface area (Å²) >= 11 is 0. The zero-order chi connectivity index (χ0) is 21.8. The smallest absolute Gasteiger partial charge is 0.263 e. The first kappa shape index (κ1) is 22.0. The van der Waals surface area contributed by atoms with Crippen molar-refractivity contribution in [2.75, 3.05) is 18.8 Å².